The molecular weight excluding hydrogens is 325 g/mol. The average Bonchev–Trinajstić information content (AvgIpc) is 3.07. The second-order valence-corrected chi connectivity index (χ2v) is 5.27. The van der Waals surface area contributed by atoms with Gasteiger partial charge in [0.2, 0.25) is 0 Å². The molecule has 0 bridgehead atoms. The number of alkyl halides is 3. The van der Waals surface area contributed by atoms with Gasteiger partial charge in [-0.05, 0) is 24.3 Å². The van der Waals surface area contributed by atoms with Gasteiger partial charge in [0, 0.05) is 12.4 Å². The van der Waals surface area contributed by atoms with Gasteiger partial charge in [-0.15, -0.1) is 10.2 Å². The summed E-state index contributed by atoms with van der Waals surface area (Å²) in [6, 6.07) is 7.37. The molecule has 0 aliphatic rings. The Balaban J connectivity index is 1.80. The molecule has 0 saturated carbocycles. The van der Waals surface area contributed by atoms with Crippen molar-refractivity contribution in [2.24, 2.45) is 0 Å². The number of nitrogens with zero attached hydrogens (tertiary/aromatic N) is 6. The number of halogens is 3. The molecule has 2 aromatic heterocycles. The lowest BCUT2D eigenvalue weighted by atomic mass is 10.2. The summed E-state index contributed by atoms with van der Waals surface area (Å²) in [5.74, 6) is 0.0306. The van der Waals surface area contributed by atoms with E-state index >= 15 is 0 Å². The summed E-state index contributed by atoms with van der Waals surface area (Å²) in [6.45, 7) is 0.558. The highest BCUT2D eigenvalue weighted by molar-refractivity contribution is 5.34. The van der Waals surface area contributed by atoms with Crippen LogP contribution in [0.15, 0.2) is 41.5 Å². The molecule has 3 aromatic rings. The van der Waals surface area contributed by atoms with Crippen molar-refractivity contribution < 1.29 is 13.2 Å². The van der Waals surface area contributed by atoms with Crippen LogP contribution < -0.4 is 5.69 Å². The lowest BCUT2D eigenvalue weighted by molar-refractivity contribution is -0.145. The van der Waals surface area contributed by atoms with Crippen molar-refractivity contribution in [1.82, 2.24) is 29.3 Å². The SMILES string of the molecule is Cc1ccc(-n2ccn(Cc3nnn(CC(F)(F)F)n3)c2=O)cc1. The summed E-state index contributed by atoms with van der Waals surface area (Å²) in [4.78, 5) is 12.8. The first-order valence-electron chi connectivity index (χ1n) is 7.00. The van der Waals surface area contributed by atoms with E-state index in [4.69, 9.17) is 0 Å². The van der Waals surface area contributed by atoms with Crippen molar-refractivity contribution in [1.29, 1.82) is 0 Å². The molecule has 126 valence electrons. The Hall–Kier alpha value is -2.91. The van der Waals surface area contributed by atoms with Crippen LogP contribution in [0.2, 0.25) is 0 Å². The van der Waals surface area contributed by atoms with Crippen LogP contribution in [0.3, 0.4) is 0 Å². The fourth-order valence-corrected chi connectivity index (χ4v) is 2.15. The summed E-state index contributed by atoms with van der Waals surface area (Å²) in [7, 11) is 0. The molecule has 0 saturated heterocycles. The van der Waals surface area contributed by atoms with Crippen LogP contribution in [-0.4, -0.2) is 35.5 Å². The summed E-state index contributed by atoms with van der Waals surface area (Å²) in [5.41, 5.74) is 1.42. The van der Waals surface area contributed by atoms with Gasteiger partial charge in [0.05, 0.1) is 12.2 Å². The van der Waals surface area contributed by atoms with E-state index in [2.05, 4.69) is 15.4 Å². The molecule has 0 aliphatic heterocycles. The third kappa shape index (κ3) is 3.53. The Bertz CT molecular complexity index is 890. The molecule has 0 atom stereocenters. The van der Waals surface area contributed by atoms with E-state index in [0.717, 1.165) is 5.56 Å². The van der Waals surface area contributed by atoms with Crippen molar-refractivity contribution in [3.05, 3.63) is 58.5 Å². The van der Waals surface area contributed by atoms with Gasteiger partial charge in [-0.2, -0.15) is 18.0 Å². The van der Waals surface area contributed by atoms with Crippen molar-refractivity contribution in [3.63, 3.8) is 0 Å². The summed E-state index contributed by atoms with van der Waals surface area (Å²) in [5, 5.41) is 10.5. The Kier molecular flexibility index (Phi) is 3.96. The molecule has 0 spiro atoms. The first kappa shape index (κ1) is 16.0. The maximum atomic E-state index is 12.4. The van der Waals surface area contributed by atoms with Crippen molar-refractivity contribution in [2.75, 3.05) is 0 Å². The minimum absolute atomic E-state index is 0.0306. The van der Waals surface area contributed by atoms with E-state index in [1.165, 1.54) is 15.3 Å². The largest absolute Gasteiger partial charge is 0.409 e. The van der Waals surface area contributed by atoms with Crippen LogP contribution >= 0.6 is 0 Å². The zero-order valence-corrected chi connectivity index (χ0v) is 12.6. The van der Waals surface area contributed by atoms with Crippen LogP contribution in [0, 0.1) is 6.92 Å². The second-order valence-electron chi connectivity index (χ2n) is 5.27. The molecule has 2 heterocycles. The number of aryl methyl sites for hydroxylation is 1. The van der Waals surface area contributed by atoms with Gasteiger partial charge in [0.1, 0.15) is 0 Å². The minimum Gasteiger partial charge on any atom is -0.291 e. The maximum Gasteiger partial charge on any atom is 0.409 e. The van der Waals surface area contributed by atoms with Gasteiger partial charge in [-0.25, -0.2) is 4.79 Å². The smallest absolute Gasteiger partial charge is 0.291 e. The highest BCUT2D eigenvalue weighted by Crippen LogP contribution is 2.15. The minimum atomic E-state index is -4.43. The maximum absolute atomic E-state index is 12.4. The standard InChI is InChI=1S/C14H13F3N6O/c1-10-2-4-11(5-3-10)22-7-6-21(13(22)24)8-12-18-20-23(19-12)9-14(15,16)17/h2-7H,8-9H2,1H3. The molecule has 24 heavy (non-hydrogen) atoms. The van der Waals surface area contributed by atoms with E-state index < -0.39 is 12.7 Å². The molecule has 0 unspecified atom stereocenters. The van der Waals surface area contributed by atoms with Crippen LogP contribution in [0.1, 0.15) is 11.4 Å². The summed E-state index contributed by atoms with van der Waals surface area (Å²) >= 11 is 0. The molecule has 10 heteroatoms. The van der Waals surface area contributed by atoms with Gasteiger partial charge in [0.25, 0.3) is 0 Å². The topological polar surface area (TPSA) is 70.5 Å². The van der Waals surface area contributed by atoms with E-state index in [-0.39, 0.29) is 18.1 Å². The Labute approximate surface area is 133 Å². The molecule has 0 radical (unpaired) electrons. The predicted molar refractivity (Wildman–Crippen MR) is 77.7 cm³/mol. The quantitative estimate of drug-likeness (QED) is 0.724. The number of hydrogen-bond acceptors (Lipinski definition) is 4. The zero-order chi connectivity index (χ0) is 17.3. The number of tetrazole rings is 1. The van der Waals surface area contributed by atoms with Crippen molar-refractivity contribution >= 4 is 0 Å². The second kappa shape index (κ2) is 5.95. The first-order chi connectivity index (χ1) is 11.3. The Morgan fingerprint density at radius 3 is 2.50 bits per heavy atom. The average molecular weight is 338 g/mol. The third-order valence-electron chi connectivity index (χ3n) is 3.29. The molecule has 7 nitrogen and oxygen atoms in total. The Morgan fingerprint density at radius 1 is 1.12 bits per heavy atom. The fraction of sp³-hybridized carbons (Fsp3) is 0.286. The van der Waals surface area contributed by atoms with Gasteiger partial charge >= 0.3 is 11.9 Å². The fourth-order valence-electron chi connectivity index (χ4n) is 2.15. The number of aromatic nitrogens is 6. The zero-order valence-electron chi connectivity index (χ0n) is 12.6. The van der Waals surface area contributed by atoms with Crippen LogP contribution in [0.5, 0.6) is 0 Å². The highest BCUT2D eigenvalue weighted by atomic mass is 19.4. The Morgan fingerprint density at radius 2 is 1.83 bits per heavy atom. The molecule has 0 aliphatic carbocycles. The normalized spacial score (nSPS) is 11.8. The van der Waals surface area contributed by atoms with Gasteiger partial charge in [-0.1, -0.05) is 17.7 Å². The van der Waals surface area contributed by atoms with E-state index in [9.17, 15) is 18.0 Å². The number of benzene rings is 1. The van der Waals surface area contributed by atoms with Gasteiger partial charge < -0.3 is 0 Å². The van der Waals surface area contributed by atoms with E-state index in [0.29, 0.717) is 10.5 Å². The first-order valence-corrected chi connectivity index (χ1v) is 7.00. The molecule has 1 aromatic carbocycles. The van der Waals surface area contributed by atoms with Crippen LogP contribution in [0.4, 0.5) is 13.2 Å². The highest BCUT2D eigenvalue weighted by Gasteiger charge is 2.29. The molecule has 0 N–H and O–H groups in total. The molecule has 3 rings (SSSR count). The summed E-state index contributed by atoms with van der Waals surface area (Å²) in [6.07, 6.45) is -1.33. The van der Waals surface area contributed by atoms with E-state index in [1.807, 2.05) is 19.1 Å². The molecule has 0 amide bonds. The van der Waals surface area contributed by atoms with Crippen LogP contribution in [0.25, 0.3) is 5.69 Å². The van der Waals surface area contributed by atoms with Crippen molar-refractivity contribution in [3.8, 4) is 5.69 Å². The number of hydrogen-bond donors (Lipinski definition) is 0. The number of rotatable bonds is 4. The molecule has 0 fully saturated rings. The van der Waals surface area contributed by atoms with Gasteiger partial charge in [0.15, 0.2) is 12.4 Å². The monoisotopic (exact) mass is 338 g/mol. The molecular formula is C14H13F3N6O. The van der Waals surface area contributed by atoms with Gasteiger partial charge in [-0.3, -0.25) is 9.13 Å². The predicted octanol–water partition coefficient (Wildman–Crippen LogP) is 1.54. The van der Waals surface area contributed by atoms with Crippen molar-refractivity contribution in [2.45, 2.75) is 26.2 Å². The summed E-state index contributed by atoms with van der Waals surface area (Å²) < 4.78 is 39.6. The third-order valence-corrected chi connectivity index (χ3v) is 3.29. The lowest BCUT2D eigenvalue weighted by Crippen LogP contribution is -2.24. The number of imidazole rings is 1. The van der Waals surface area contributed by atoms with E-state index in [1.54, 1.807) is 18.3 Å². The lowest BCUT2D eigenvalue weighted by Gasteiger charge is -2.03. The van der Waals surface area contributed by atoms with Crippen LogP contribution in [-0.2, 0) is 13.1 Å².